The predicted molar refractivity (Wildman–Crippen MR) is 75.5 cm³/mol. The number of nitrogens with zero attached hydrogens (tertiary/aromatic N) is 1. The molecular formula is C17H13CrNO4. The second kappa shape index (κ2) is 12.5. The van der Waals surface area contributed by atoms with Crippen molar-refractivity contribution in [2.75, 3.05) is 6.54 Å². The number of allylic oxidation sites excluding steroid dienone is 1. The van der Waals surface area contributed by atoms with Crippen LogP contribution in [0.15, 0.2) is 43.1 Å². The molecule has 5 nitrogen and oxygen atoms in total. The van der Waals surface area contributed by atoms with Gasteiger partial charge in [-0.3, -0.25) is 4.79 Å². The Morgan fingerprint density at radius 1 is 1.09 bits per heavy atom. The van der Waals surface area contributed by atoms with Crippen LogP contribution in [0.4, 0.5) is 0 Å². The molecule has 3 rings (SSSR count). The second-order valence-electron chi connectivity index (χ2n) is 4.37. The van der Waals surface area contributed by atoms with Crippen LogP contribution in [-0.2, 0) is 36.1 Å². The van der Waals surface area contributed by atoms with E-state index in [1.807, 2.05) is 18.3 Å². The summed E-state index contributed by atoms with van der Waals surface area (Å²) < 4.78 is 22.5. The maximum Gasteiger partial charge on any atom is 0 e. The van der Waals surface area contributed by atoms with Crippen molar-refractivity contribution in [3.05, 3.63) is 74.2 Å². The van der Waals surface area contributed by atoms with E-state index in [2.05, 4.69) is 43.6 Å². The molecule has 0 bridgehead atoms. The third kappa shape index (κ3) is 5.56. The van der Waals surface area contributed by atoms with Crippen molar-refractivity contribution in [1.82, 2.24) is 4.90 Å². The van der Waals surface area contributed by atoms with Crippen LogP contribution in [0.2, 0.25) is 0 Å². The largest absolute Gasteiger partial charge is 0 e. The smallest absolute Gasteiger partial charge is 0 e. The number of hydrogen-bond acceptors (Lipinski definition) is 2. The van der Waals surface area contributed by atoms with E-state index >= 15 is 0 Å². The van der Waals surface area contributed by atoms with Crippen molar-refractivity contribution < 1.29 is 36.1 Å². The molecule has 1 atom stereocenters. The summed E-state index contributed by atoms with van der Waals surface area (Å²) in [5.41, 5.74) is 3.58. The summed E-state index contributed by atoms with van der Waals surface area (Å²) in [6.45, 7) is 18.4. The van der Waals surface area contributed by atoms with E-state index in [0.717, 1.165) is 12.1 Å². The van der Waals surface area contributed by atoms with E-state index in [1.165, 1.54) is 11.1 Å². The van der Waals surface area contributed by atoms with Gasteiger partial charge in [0.15, 0.2) is 5.78 Å². The molecule has 23 heavy (non-hydrogen) atoms. The first-order valence-electron chi connectivity index (χ1n) is 6.11. The molecule has 0 aliphatic carbocycles. The fraction of sp³-hybridized carbons (Fsp3) is 0.176. The average Bonchev–Trinajstić information content (AvgIpc) is 2.61. The first kappa shape index (κ1) is 23.2. The molecule has 6 heteroatoms. The quantitative estimate of drug-likeness (QED) is 0.534. The van der Waals surface area contributed by atoms with E-state index in [-0.39, 0.29) is 29.2 Å². The zero-order chi connectivity index (χ0) is 17.1. The summed E-state index contributed by atoms with van der Waals surface area (Å²) in [7, 11) is 0. The van der Waals surface area contributed by atoms with Gasteiger partial charge in [-0.15, -0.1) is 0 Å². The number of rotatable bonds is 0. The molecule has 0 aromatic heterocycles. The first-order chi connectivity index (χ1) is 10.8. The van der Waals surface area contributed by atoms with Crippen molar-refractivity contribution in [1.29, 1.82) is 0 Å². The Balaban J connectivity index is 0. The molecule has 1 aromatic rings. The van der Waals surface area contributed by atoms with Gasteiger partial charge in [-0.1, -0.05) is 30.8 Å². The molecule has 0 spiro atoms. The van der Waals surface area contributed by atoms with Gasteiger partial charge in [0.2, 0.25) is 0 Å². The Morgan fingerprint density at radius 2 is 1.65 bits per heavy atom. The Hall–Kier alpha value is -2.08. The molecule has 0 fully saturated rings. The number of fused-ring (bicyclic) bond motifs is 3. The maximum absolute atomic E-state index is 11.5. The van der Waals surface area contributed by atoms with Crippen molar-refractivity contribution in [3.8, 4) is 0 Å². The number of ketones is 1. The molecule has 1 aromatic carbocycles. The van der Waals surface area contributed by atoms with Crippen LogP contribution in [0.1, 0.15) is 23.6 Å². The zero-order valence-corrected chi connectivity index (χ0v) is 13.4. The third-order valence-corrected chi connectivity index (χ3v) is 3.32. The van der Waals surface area contributed by atoms with Crippen LogP contribution < -0.4 is 0 Å². The minimum Gasteiger partial charge on any atom is 0 e. The topological polar surface area (TPSA) is 80.0 Å². The molecule has 0 saturated heterocycles. The van der Waals surface area contributed by atoms with Gasteiger partial charge in [-0.25, -0.2) is 0 Å². The number of carbonyl (C=O) groups excluding carboxylic acids is 1. The van der Waals surface area contributed by atoms with E-state index in [1.54, 1.807) is 6.08 Å². The van der Waals surface area contributed by atoms with Gasteiger partial charge in [0.1, 0.15) is 0 Å². The van der Waals surface area contributed by atoms with Crippen LogP contribution in [0.5, 0.6) is 0 Å². The van der Waals surface area contributed by atoms with E-state index in [9.17, 15) is 4.79 Å². The van der Waals surface area contributed by atoms with Crippen LogP contribution in [-0.4, -0.2) is 17.2 Å². The molecule has 0 amide bonds. The first-order valence-corrected chi connectivity index (χ1v) is 6.11. The minimum absolute atomic E-state index is 0. The van der Waals surface area contributed by atoms with Gasteiger partial charge >= 0.3 is 33.9 Å². The van der Waals surface area contributed by atoms with Crippen molar-refractivity contribution in [3.63, 3.8) is 0 Å². The Labute approximate surface area is 146 Å². The molecule has 2 heterocycles. The third-order valence-electron chi connectivity index (χ3n) is 3.32. The molecule has 2 aliphatic heterocycles. The normalized spacial score (nSPS) is 16.3. The van der Waals surface area contributed by atoms with Crippen LogP contribution in [0, 0.1) is 20.0 Å². The summed E-state index contributed by atoms with van der Waals surface area (Å²) in [6, 6.07) is 8.46. The Bertz CT molecular complexity index is 617. The van der Waals surface area contributed by atoms with Gasteiger partial charge in [-0.2, -0.15) is 0 Å². The minimum atomic E-state index is 0. The van der Waals surface area contributed by atoms with Gasteiger partial charge in [0.25, 0.3) is 0 Å². The van der Waals surface area contributed by atoms with Gasteiger partial charge < -0.3 is 4.90 Å². The summed E-state index contributed by atoms with van der Waals surface area (Å²) in [4.78, 5) is 13.7. The van der Waals surface area contributed by atoms with Crippen molar-refractivity contribution in [2.24, 2.45) is 0 Å². The Morgan fingerprint density at radius 3 is 2.26 bits per heavy atom. The maximum atomic E-state index is 11.5. The van der Waals surface area contributed by atoms with Gasteiger partial charge in [0.05, 0.1) is 6.04 Å². The van der Waals surface area contributed by atoms with Crippen LogP contribution in [0.25, 0.3) is 5.57 Å². The average molecular weight is 347 g/mol. The fourth-order valence-electron chi connectivity index (χ4n) is 2.53. The number of hydrogen-bond donors (Lipinski definition) is 0. The van der Waals surface area contributed by atoms with Crippen molar-refractivity contribution >= 4 is 11.4 Å². The van der Waals surface area contributed by atoms with Crippen molar-refractivity contribution in [2.45, 2.75) is 12.5 Å². The summed E-state index contributed by atoms with van der Waals surface area (Å²) >= 11 is 0. The van der Waals surface area contributed by atoms with Crippen LogP contribution in [0.3, 0.4) is 0 Å². The predicted octanol–water partition coefficient (Wildman–Crippen LogP) is 2.43. The summed E-state index contributed by atoms with van der Waals surface area (Å²) in [5.74, 6) is 0.212. The second-order valence-corrected chi connectivity index (χ2v) is 4.37. The van der Waals surface area contributed by atoms with Gasteiger partial charge in [0, 0.05) is 36.5 Å². The molecule has 0 unspecified atom stereocenters. The standard InChI is InChI=1S/C14H13NO.3CO.Cr/c1-10-9-15-7-6-11(16)8-14(15)13-5-3-2-4-12(10)13;3*1-2;/h2-7,14H,1,8-9H2;;;;/t14-;;;;/m1..../s1. The molecular weight excluding hydrogens is 334 g/mol. The van der Waals surface area contributed by atoms with Gasteiger partial charge in [-0.05, 0) is 22.8 Å². The SMILES string of the molecule is C=C1CN2C=CC(=O)C[C@@H]2c2ccccc21.[C-]#[O+].[C-]#[O+].[C-]#[O+].[Cr]. The molecule has 0 radical (unpaired) electrons. The number of carbonyl (C=O) groups is 1. The fourth-order valence-corrected chi connectivity index (χ4v) is 2.53. The summed E-state index contributed by atoms with van der Waals surface area (Å²) in [6.07, 6.45) is 4.15. The monoisotopic (exact) mass is 347 g/mol. The van der Waals surface area contributed by atoms with E-state index < -0.39 is 0 Å². The Kier molecular flexibility index (Phi) is 12.6. The zero-order valence-electron chi connectivity index (χ0n) is 12.2. The van der Waals surface area contributed by atoms with E-state index in [4.69, 9.17) is 14.0 Å². The molecule has 0 saturated carbocycles. The molecule has 2 aliphatic rings. The van der Waals surface area contributed by atoms with Crippen LogP contribution >= 0.6 is 0 Å². The molecule has 116 valence electrons. The summed E-state index contributed by atoms with van der Waals surface area (Å²) in [5, 5.41) is 0. The van der Waals surface area contributed by atoms with E-state index in [0.29, 0.717) is 6.42 Å². The molecule has 0 N–H and O–H groups in total. The number of benzene rings is 1.